The Balaban J connectivity index is 2.05. The third kappa shape index (κ3) is 3.45. The first-order valence-electron chi connectivity index (χ1n) is 5.67. The smallest absolute Gasteiger partial charge is 0.138 e. The van der Waals surface area contributed by atoms with Gasteiger partial charge in [0, 0.05) is 12.8 Å². The van der Waals surface area contributed by atoms with E-state index in [1.54, 1.807) is 13.0 Å². The minimum atomic E-state index is 0.0890. The molecule has 0 spiro atoms. The van der Waals surface area contributed by atoms with Gasteiger partial charge in [0.05, 0.1) is 18.2 Å². The Morgan fingerprint density at radius 2 is 2.41 bits per heavy atom. The molecule has 2 rings (SSSR count). The maximum Gasteiger partial charge on any atom is 0.138 e. The highest BCUT2D eigenvalue weighted by atomic mass is 35.5. The molecule has 1 saturated heterocycles. The van der Waals surface area contributed by atoms with E-state index in [1.165, 1.54) is 0 Å². The van der Waals surface area contributed by atoms with E-state index >= 15 is 0 Å². The van der Waals surface area contributed by atoms with Gasteiger partial charge in [-0.3, -0.25) is 4.79 Å². The van der Waals surface area contributed by atoms with E-state index in [-0.39, 0.29) is 11.9 Å². The Morgan fingerprint density at radius 3 is 3.00 bits per heavy atom. The van der Waals surface area contributed by atoms with Gasteiger partial charge < -0.3 is 9.47 Å². The van der Waals surface area contributed by atoms with Crippen LogP contribution in [-0.4, -0.2) is 25.1 Å². The van der Waals surface area contributed by atoms with E-state index in [0.717, 1.165) is 18.6 Å². The molecule has 0 aliphatic carbocycles. The van der Waals surface area contributed by atoms with Crippen LogP contribution in [0, 0.1) is 0 Å². The largest absolute Gasteiger partial charge is 0.486 e. The maximum absolute atomic E-state index is 11.0. The molecule has 0 bridgehead atoms. The number of hydrogen-bond acceptors (Lipinski definition) is 3. The van der Waals surface area contributed by atoms with Gasteiger partial charge in [-0.25, -0.2) is 0 Å². The van der Waals surface area contributed by atoms with E-state index in [2.05, 4.69) is 0 Å². The van der Waals surface area contributed by atoms with Crippen molar-refractivity contribution in [1.29, 1.82) is 0 Å². The van der Waals surface area contributed by atoms with Crippen LogP contribution in [0.1, 0.15) is 18.9 Å². The zero-order chi connectivity index (χ0) is 12.3. The van der Waals surface area contributed by atoms with E-state index in [1.807, 2.05) is 12.1 Å². The topological polar surface area (TPSA) is 35.5 Å². The molecule has 1 aliphatic rings. The SMILES string of the molecule is CC(=O)Cc1ccc(OC2CCOC2)c(Cl)c1. The quantitative estimate of drug-likeness (QED) is 0.829. The predicted octanol–water partition coefficient (Wildman–Crippen LogP) is 2.64. The van der Waals surface area contributed by atoms with E-state index < -0.39 is 0 Å². The summed E-state index contributed by atoms with van der Waals surface area (Å²) in [6.45, 7) is 2.92. The molecule has 1 fully saturated rings. The molecule has 1 atom stereocenters. The molecule has 0 N–H and O–H groups in total. The van der Waals surface area contributed by atoms with Crippen LogP contribution in [0.5, 0.6) is 5.75 Å². The number of benzene rings is 1. The molecule has 1 unspecified atom stereocenters. The molecule has 92 valence electrons. The van der Waals surface area contributed by atoms with Crippen LogP contribution in [-0.2, 0) is 16.0 Å². The highest BCUT2D eigenvalue weighted by Crippen LogP contribution is 2.28. The second-order valence-electron chi connectivity index (χ2n) is 4.25. The van der Waals surface area contributed by atoms with Gasteiger partial charge in [0.25, 0.3) is 0 Å². The average Bonchev–Trinajstić information content (AvgIpc) is 2.74. The highest BCUT2D eigenvalue weighted by molar-refractivity contribution is 6.32. The zero-order valence-corrected chi connectivity index (χ0v) is 10.5. The number of Topliss-reactive ketones (excluding diaryl/α,β-unsaturated/α-hetero) is 1. The minimum absolute atomic E-state index is 0.0890. The van der Waals surface area contributed by atoms with Crippen LogP contribution in [0.4, 0.5) is 0 Å². The van der Waals surface area contributed by atoms with Crippen LogP contribution in [0.2, 0.25) is 5.02 Å². The predicted molar refractivity (Wildman–Crippen MR) is 65.7 cm³/mol. The second-order valence-corrected chi connectivity index (χ2v) is 4.65. The second kappa shape index (κ2) is 5.52. The summed E-state index contributed by atoms with van der Waals surface area (Å²) in [6, 6.07) is 5.48. The molecule has 1 aromatic rings. The third-order valence-corrected chi connectivity index (χ3v) is 2.93. The number of rotatable bonds is 4. The fourth-order valence-corrected chi connectivity index (χ4v) is 2.07. The molecule has 0 aromatic heterocycles. The summed E-state index contributed by atoms with van der Waals surface area (Å²) in [4.78, 5) is 11.0. The molecule has 1 heterocycles. The fraction of sp³-hybridized carbons (Fsp3) is 0.462. The highest BCUT2D eigenvalue weighted by Gasteiger charge is 2.18. The zero-order valence-electron chi connectivity index (χ0n) is 9.74. The van der Waals surface area contributed by atoms with Gasteiger partial charge in [0.2, 0.25) is 0 Å². The van der Waals surface area contributed by atoms with Crippen molar-refractivity contribution in [3.8, 4) is 5.75 Å². The fourth-order valence-electron chi connectivity index (χ4n) is 1.82. The Hall–Kier alpha value is -1.06. The van der Waals surface area contributed by atoms with E-state index in [9.17, 15) is 4.79 Å². The molecule has 0 saturated carbocycles. The van der Waals surface area contributed by atoms with Gasteiger partial charge in [0.1, 0.15) is 17.6 Å². The van der Waals surface area contributed by atoms with Crippen LogP contribution >= 0.6 is 11.6 Å². The number of ketones is 1. The molecule has 3 nitrogen and oxygen atoms in total. The Labute approximate surface area is 106 Å². The van der Waals surface area contributed by atoms with Crippen LogP contribution in [0.3, 0.4) is 0 Å². The lowest BCUT2D eigenvalue weighted by molar-refractivity contribution is -0.116. The summed E-state index contributed by atoms with van der Waals surface area (Å²) in [5.41, 5.74) is 0.914. The number of carbonyl (C=O) groups excluding carboxylic acids is 1. The molecule has 1 aromatic carbocycles. The lowest BCUT2D eigenvalue weighted by Crippen LogP contribution is -2.15. The van der Waals surface area contributed by atoms with E-state index in [0.29, 0.717) is 23.8 Å². The third-order valence-electron chi connectivity index (χ3n) is 2.63. The van der Waals surface area contributed by atoms with Crippen molar-refractivity contribution < 1.29 is 14.3 Å². The molecule has 0 amide bonds. The number of hydrogen-bond donors (Lipinski definition) is 0. The molecule has 1 aliphatic heterocycles. The van der Waals surface area contributed by atoms with E-state index in [4.69, 9.17) is 21.1 Å². The van der Waals surface area contributed by atoms with Gasteiger partial charge in [0.15, 0.2) is 0 Å². The summed E-state index contributed by atoms with van der Waals surface area (Å²) < 4.78 is 11.0. The Morgan fingerprint density at radius 1 is 1.59 bits per heavy atom. The van der Waals surface area contributed by atoms with Crippen molar-refractivity contribution in [2.75, 3.05) is 13.2 Å². The normalized spacial score (nSPS) is 19.3. The number of halogens is 1. The first kappa shape index (κ1) is 12.4. The van der Waals surface area contributed by atoms with Crippen molar-refractivity contribution >= 4 is 17.4 Å². The Kier molecular flexibility index (Phi) is 4.02. The van der Waals surface area contributed by atoms with Crippen LogP contribution in [0.25, 0.3) is 0 Å². The summed E-state index contributed by atoms with van der Waals surface area (Å²) in [6.07, 6.45) is 1.39. The van der Waals surface area contributed by atoms with Gasteiger partial charge in [-0.05, 0) is 24.6 Å². The monoisotopic (exact) mass is 254 g/mol. The van der Waals surface area contributed by atoms with Crippen molar-refractivity contribution in [3.63, 3.8) is 0 Å². The molecule has 0 radical (unpaired) electrons. The Bertz CT molecular complexity index is 411. The first-order valence-corrected chi connectivity index (χ1v) is 6.05. The van der Waals surface area contributed by atoms with Gasteiger partial charge in [-0.2, -0.15) is 0 Å². The van der Waals surface area contributed by atoms with Gasteiger partial charge >= 0.3 is 0 Å². The number of carbonyl (C=O) groups is 1. The summed E-state index contributed by atoms with van der Waals surface area (Å²) in [7, 11) is 0. The standard InChI is InChI=1S/C13H15ClO3/c1-9(15)6-10-2-3-13(12(14)7-10)17-11-4-5-16-8-11/h2-3,7,11H,4-6,8H2,1H3. The molecular formula is C13H15ClO3. The lowest BCUT2D eigenvalue weighted by Gasteiger charge is -2.13. The first-order chi connectivity index (χ1) is 8.15. The van der Waals surface area contributed by atoms with Gasteiger partial charge in [-0.15, -0.1) is 0 Å². The maximum atomic E-state index is 11.0. The minimum Gasteiger partial charge on any atom is -0.486 e. The average molecular weight is 255 g/mol. The van der Waals surface area contributed by atoms with Crippen molar-refractivity contribution in [1.82, 2.24) is 0 Å². The van der Waals surface area contributed by atoms with Crippen LogP contribution < -0.4 is 4.74 Å². The molecular weight excluding hydrogens is 240 g/mol. The molecule has 17 heavy (non-hydrogen) atoms. The summed E-state index contributed by atoms with van der Waals surface area (Å²) in [5, 5.41) is 0.552. The van der Waals surface area contributed by atoms with Crippen molar-refractivity contribution in [2.24, 2.45) is 0 Å². The van der Waals surface area contributed by atoms with Crippen molar-refractivity contribution in [3.05, 3.63) is 28.8 Å². The molecule has 4 heteroatoms. The summed E-state index contributed by atoms with van der Waals surface area (Å²) >= 11 is 6.11. The number of ether oxygens (including phenoxy) is 2. The summed E-state index contributed by atoms with van der Waals surface area (Å²) in [5.74, 6) is 0.786. The van der Waals surface area contributed by atoms with Crippen LogP contribution in [0.15, 0.2) is 18.2 Å². The van der Waals surface area contributed by atoms with Gasteiger partial charge in [-0.1, -0.05) is 17.7 Å². The van der Waals surface area contributed by atoms with Crippen molar-refractivity contribution in [2.45, 2.75) is 25.9 Å². The lowest BCUT2D eigenvalue weighted by atomic mass is 10.1.